The third-order valence-corrected chi connectivity index (χ3v) is 4.26. The molecule has 0 aliphatic heterocycles. The van der Waals surface area contributed by atoms with Crippen LogP contribution in [-0.2, 0) is 0 Å². The van der Waals surface area contributed by atoms with E-state index in [1.54, 1.807) is 0 Å². The van der Waals surface area contributed by atoms with Crippen molar-refractivity contribution < 1.29 is 4.79 Å². The van der Waals surface area contributed by atoms with Gasteiger partial charge in [-0.15, -0.1) is 0 Å². The summed E-state index contributed by atoms with van der Waals surface area (Å²) in [6.45, 7) is 1.98. The number of pyridine rings is 1. The first-order chi connectivity index (χ1) is 9.63. The Balaban J connectivity index is 1.86. The number of aryl methyl sites for hydroxylation is 1. The molecule has 1 saturated carbocycles. The molecule has 2 aromatic rings. The normalized spacial score (nSPS) is 22.9. The summed E-state index contributed by atoms with van der Waals surface area (Å²) in [4.78, 5) is 17.0. The van der Waals surface area contributed by atoms with Crippen molar-refractivity contribution in [3.63, 3.8) is 0 Å². The minimum Gasteiger partial charge on any atom is -0.328 e. The van der Waals surface area contributed by atoms with E-state index in [0.29, 0.717) is 0 Å². The van der Waals surface area contributed by atoms with Gasteiger partial charge in [0.1, 0.15) is 0 Å². The number of carbonyl (C=O) groups is 1. The lowest BCUT2D eigenvalue weighted by Gasteiger charge is -2.25. The third kappa shape index (κ3) is 2.59. The fraction of sp³-hybridized carbons (Fsp3) is 0.412. The highest BCUT2D eigenvalue weighted by atomic mass is 16.1. The number of rotatable bonds is 2. The largest absolute Gasteiger partial charge is 0.328 e. The average Bonchev–Trinajstić information content (AvgIpc) is 2.47. The van der Waals surface area contributed by atoms with Gasteiger partial charge in [-0.2, -0.15) is 0 Å². The fourth-order valence-electron chi connectivity index (χ4n) is 3.00. The third-order valence-electron chi connectivity index (χ3n) is 4.26. The lowest BCUT2D eigenvalue weighted by molar-refractivity contribution is 0.0885. The monoisotopic (exact) mass is 268 g/mol. The summed E-state index contributed by atoms with van der Waals surface area (Å²) in [6, 6.07) is 10.1. The molecule has 1 aromatic heterocycles. The van der Waals surface area contributed by atoms with Crippen LogP contribution in [0.1, 0.15) is 41.7 Å². The lowest BCUT2D eigenvalue weighted by Crippen LogP contribution is -2.29. The Hall–Kier alpha value is -1.74. The second kappa shape index (κ2) is 5.33. The Bertz CT molecular complexity index is 642. The molecular formula is C17H20N2O. The Morgan fingerprint density at radius 3 is 2.65 bits per heavy atom. The standard InChI is InChI=1S/C17H20N2O/c1-11-2-3-13-10-14(6-9-16(13)19-11)17(20)12-4-7-15(18)8-5-12/h2-3,6,9-10,12,15H,4-5,7-8,18H2,1H3. The summed E-state index contributed by atoms with van der Waals surface area (Å²) in [7, 11) is 0. The zero-order valence-corrected chi connectivity index (χ0v) is 11.8. The van der Waals surface area contributed by atoms with Gasteiger partial charge >= 0.3 is 0 Å². The molecule has 0 bridgehead atoms. The van der Waals surface area contributed by atoms with E-state index in [1.807, 2.05) is 37.3 Å². The van der Waals surface area contributed by atoms with Crippen molar-refractivity contribution in [2.24, 2.45) is 11.7 Å². The Morgan fingerprint density at radius 2 is 1.90 bits per heavy atom. The molecule has 1 aliphatic carbocycles. The summed E-state index contributed by atoms with van der Waals surface area (Å²) in [5.41, 5.74) is 8.66. The number of hydrogen-bond acceptors (Lipinski definition) is 3. The SMILES string of the molecule is Cc1ccc2cc(C(=O)C3CCC(N)CC3)ccc2n1. The number of aromatic nitrogens is 1. The second-order valence-corrected chi connectivity index (χ2v) is 5.84. The van der Waals surface area contributed by atoms with E-state index in [9.17, 15) is 4.79 Å². The summed E-state index contributed by atoms with van der Waals surface area (Å²) >= 11 is 0. The van der Waals surface area contributed by atoms with Crippen molar-refractivity contribution in [2.45, 2.75) is 38.6 Å². The van der Waals surface area contributed by atoms with E-state index < -0.39 is 0 Å². The number of nitrogens with two attached hydrogens (primary N) is 1. The molecule has 20 heavy (non-hydrogen) atoms. The van der Waals surface area contributed by atoms with Gasteiger partial charge in [-0.1, -0.05) is 6.07 Å². The van der Waals surface area contributed by atoms with E-state index in [0.717, 1.165) is 47.8 Å². The summed E-state index contributed by atoms with van der Waals surface area (Å²) in [5, 5.41) is 1.04. The van der Waals surface area contributed by atoms with Gasteiger partial charge in [0.2, 0.25) is 0 Å². The highest BCUT2D eigenvalue weighted by Crippen LogP contribution is 2.27. The number of hydrogen-bond donors (Lipinski definition) is 1. The number of Topliss-reactive ketones (excluding diaryl/α,β-unsaturated/α-hetero) is 1. The predicted octanol–water partition coefficient (Wildman–Crippen LogP) is 3.24. The minimum absolute atomic E-state index is 0.144. The molecule has 3 heteroatoms. The van der Waals surface area contributed by atoms with Gasteiger partial charge in [-0.05, 0) is 56.9 Å². The van der Waals surface area contributed by atoms with Gasteiger partial charge in [0.25, 0.3) is 0 Å². The van der Waals surface area contributed by atoms with Crippen LogP contribution in [0.5, 0.6) is 0 Å². The van der Waals surface area contributed by atoms with Crippen molar-refractivity contribution in [1.29, 1.82) is 0 Å². The zero-order chi connectivity index (χ0) is 14.1. The smallest absolute Gasteiger partial charge is 0.165 e. The van der Waals surface area contributed by atoms with Gasteiger partial charge < -0.3 is 5.73 Å². The van der Waals surface area contributed by atoms with E-state index in [2.05, 4.69) is 4.98 Å². The zero-order valence-electron chi connectivity index (χ0n) is 11.8. The van der Waals surface area contributed by atoms with Crippen molar-refractivity contribution in [1.82, 2.24) is 4.98 Å². The maximum absolute atomic E-state index is 12.6. The fourth-order valence-corrected chi connectivity index (χ4v) is 3.00. The summed E-state index contributed by atoms with van der Waals surface area (Å²) in [6.07, 6.45) is 3.77. The highest BCUT2D eigenvalue weighted by Gasteiger charge is 2.25. The highest BCUT2D eigenvalue weighted by molar-refractivity contribution is 6.00. The number of ketones is 1. The molecule has 1 fully saturated rings. The average molecular weight is 268 g/mol. The topological polar surface area (TPSA) is 56.0 Å². The minimum atomic E-state index is 0.144. The van der Waals surface area contributed by atoms with Crippen LogP contribution in [-0.4, -0.2) is 16.8 Å². The quantitative estimate of drug-likeness (QED) is 0.851. The van der Waals surface area contributed by atoms with Gasteiger partial charge in [-0.25, -0.2) is 0 Å². The van der Waals surface area contributed by atoms with Crippen molar-refractivity contribution >= 4 is 16.7 Å². The molecule has 1 aromatic carbocycles. The molecule has 0 radical (unpaired) electrons. The maximum atomic E-state index is 12.6. The molecule has 0 spiro atoms. The van der Waals surface area contributed by atoms with Crippen LogP contribution in [0, 0.1) is 12.8 Å². The lowest BCUT2D eigenvalue weighted by atomic mass is 9.82. The maximum Gasteiger partial charge on any atom is 0.165 e. The van der Waals surface area contributed by atoms with Crippen LogP contribution in [0.2, 0.25) is 0 Å². The van der Waals surface area contributed by atoms with E-state index >= 15 is 0 Å². The molecule has 3 nitrogen and oxygen atoms in total. The number of carbonyl (C=O) groups excluding carboxylic acids is 1. The van der Waals surface area contributed by atoms with Crippen LogP contribution in [0.3, 0.4) is 0 Å². The van der Waals surface area contributed by atoms with Gasteiger partial charge in [-0.3, -0.25) is 9.78 Å². The van der Waals surface area contributed by atoms with Crippen molar-refractivity contribution in [3.8, 4) is 0 Å². The number of fused-ring (bicyclic) bond motifs is 1. The van der Waals surface area contributed by atoms with E-state index in [-0.39, 0.29) is 17.7 Å². The molecule has 1 heterocycles. The molecule has 2 N–H and O–H groups in total. The van der Waals surface area contributed by atoms with Crippen LogP contribution in [0.15, 0.2) is 30.3 Å². The Labute approximate surface area is 119 Å². The second-order valence-electron chi connectivity index (χ2n) is 5.84. The molecule has 3 rings (SSSR count). The van der Waals surface area contributed by atoms with E-state index in [4.69, 9.17) is 5.73 Å². The first kappa shape index (κ1) is 13.3. The number of nitrogens with zero attached hydrogens (tertiary/aromatic N) is 1. The first-order valence-electron chi connectivity index (χ1n) is 7.31. The molecule has 1 aliphatic rings. The molecule has 104 valence electrons. The Morgan fingerprint density at radius 1 is 1.15 bits per heavy atom. The summed E-state index contributed by atoms with van der Waals surface area (Å²) in [5.74, 6) is 0.407. The van der Waals surface area contributed by atoms with E-state index in [1.165, 1.54) is 0 Å². The van der Waals surface area contributed by atoms with Crippen LogP contribution >= 0.6 is 0 Å². The predicted molar refractivity (Wildman–Crippen MR) is 80.7 cm³/mol. The molecule has 0 amide bonds. The van der Waals surface area contributed by atoms with Crippen molar-refractivity contribution in [2.75, 3.05) is 0 Å². The van der Waals surface area contributed by atoms with Gasteiger partial charge in [0, 0.05) is 28.6 Å². The van der Waals surface area contributed by atoms with Gasteiger partial charge in [0.05, 0.1) is 5.52 Å². The first-order valence-corrected chi connectivity index (χ1v) is 7.31. The molecular weight excluding hydrogens is 248 g/mol. The van der Waals surface area contributed by atoms with Crippen LogP contribution < -0.4 is 5.73 Å². The van der Waals surface area contributed by atoms with Crippen molar-refractivity contribution in [3.05, 3.63) is 41.6 Å². The summed E-state index contributed by atoms with van der Waals surface area (Å²) < 4.78 is 0. The Kier molecular flexibility index (Phi) is 3.53. The van der Waals surface area contributed by atoms with Gasteiger partial charge in [0.15, 0.2) is 5.78 Å². The molecule has 0 unspecified atom stereocenters. The van der Waals surface area contributed by atoms with Crippen LogP contribution in [0.25, 0.3) is 10.9 Å². The number of benzene rings is 1. The molecule has 0 saturated heterocycles. The van der Waals surface area contributed by atoms with Crippen LogP contribution in [0.4, 0.5) is 0 Å². The molecule has 0 atom stereocenters.